The molecule has 0 aromatic heterocycles. The molecule has 86 valence electrons. The number of nitrogens with zero attached hydrogens (tertiary/aromatic N) is 1. The maximum Gasteiger partial charge on any atom is 0.141 e. The van der Waals surface area contributed by atoms with E-state index in [0.29, 0.717) is 6.54 Å². The highest BCUT2D eigenvalue weighted by molar-refractivity contribution is 7.82. The second-order valence-electron chi connectivity index (χ2n) is 3.22. The summed E-state index contributed by atoms with van der Waals surface area (Å²) in [6.45, 7) is 4.14. The van der Waals surface area contributed by atoms with Gasteiger partial charge in [-0.1, -0.05) is 5.57 Å². The van der Waals surface area contributed by atoms with E-state index in [1.54, 1.807) is 0 Å². The lowest BCUT2D eigenvalue weighted by Crippen LogP contribution is -2.18. The first kappa shape index (κ1) is 14.2. The molecule has 0 aromatic rings. The molecule has 0 saturated heterocycles. The highest BCUT2D eigenvalue weighted by atomic mass is 32.2. The van der Waals surface area contributed by atoms with Crippen LogP contribution in [-0.2, 0) is 11.0 Å². The minimum Gasteiger partial charge on any atom is -0.293 e. The topological polar surface area (TPSA) is 41.5 Å². The van der Waals surface area contributed by atoms with E-state index in [9.17, 15) is 8.60 Å². The largest absolute Gasteiger partial charge is 0.293 e. The predicted molar refractivity (Wildman–Crippen MR) is 64.1 cm³/mol. The molecule has 0 saturated carbocycles. The lowest BCUT2D eigenvalue weighted by molar-refractivity contribution is 0.676. The van der Waals surface area contributed by atoms with Gasteiger partial charge in [-0.25, -0.2) is 13.3 Å². The quantitative estimate of drug-likeness (QED) is 0.569. The number of hydrogen-bond donors (Lipinski definition) is 1. The lowest BCUT2D eigenvalue weighted by atomic mass is 10.1. The molecule has 0 spiro atoms. The lowest BCUT2D eigenvalue weighted by Gasteiger charge is -2.05. The third kappa shape index (κ3) is 7.16. The van der Waals surface area contributed by atoms with Crippen molar-refractivity contribution in [2.75, 3.05) is 19.8 Å². The summed E-state index contributed by atoms with van der Waals surface area (Å²) in [5.74, 6) is -0.405. The normalized spacial score (nSPS) is 14.3. The average molecular weight is 232 g/mol. The fourth-order valence-electron chi connectivity index (χ4n) is 0.879. The monoisotopic (exact) mass is 232 g/mol. The molecule has 0 bridgehead atoms. The molecule has 1 unspecified atom stereocenters. The van der Waals surface area contributed by atoms with Crippen LogP contribution in [0.5, 0.6) is 0 Å². The Morgan fingerprint density at radius 1 is 1.53 bits per heavy atom. The summed E-state index contributed by atoms with van der Waals surface area (Å²) in [4.78, 5) is 3.57. The van der Waals surface area contributed by atoms with E-state index in [-0.39, 0.29) is 0 Å². The van der Waals surface area contributed by atoms with Crippen LogP contribution in [0.15, 0.2) is 28.0 Å². The van der Waals surface area contributed by atoms with Crippen LogP contribution < -0.4 is 4.72 Å². The summed E-state index contributed by atoms with van der Waals surface area (Å²) in [5.41, 5.74) is 1.76. The van der Waals surface area contributed by atoms with Crippen LogP contribution in [0.2, 0.25) is 0 Å². The van der Waals surface area contributed by atoms with E-state index in [1.807, 2.05) is 13.8 Å². The number of aliphatic imine (C=N–C) groups is 1. The van der Waals surface area contributed by atoms with Gasteiger partial charge in [0, 0.05) is 19.8 Å². The number of hydrogen-bond acceptors (Lipinski definition) is 2. The third-order valence-electron chi connectivity index (χ3n) is 1.67. The van der Waals surface area contributed by atoms with E-state index >= 15 is 0 Å². The molecule has 0 aromatic carbocycles. The summed E-state index contributed by atoms with van der Waals surface area (Å²) in [6, 6.07) is 0. The second-order valence-corrected chi connectivity index (χ2v) is 4.41. The van der Waals surface area contributed by atoms with E-state index < -0.39 is 16.8 Å². The Labute approximate surface area is 92.8 Å². The molecule has 1 atom stereocenters. The van der Waals surface area contributed by atoms with Gasteiger partial charge in [-0.2, -0.15) is 0 Å². The molecule has 15 heavy (non-hydrogen) atoms. The highest BCUT2D eigenvalue weighted by Gasteiger charge is 1.99. The van der Waals surface area contributed by atoms with Crippen LogP contribution in [0.3, 0.4) is 0 Å². The number of halogens is 1. The van der Waals surface area contributed by atoms with E-state index in [4.69, 9.17) is 0 Å². The molecule has 1 N–H and O–H groups in total. The van der Waals surface area contributed by atoms with Gasteiger partial charge in [-0.3, -0.25) is 4.99 Å². The van der Waals surface area contributed by atoms with Gasteiger partial charge in [0.1, 0.15) is 5.83 Å². The highest BCUT2D eigenvalue weighted by Crippen LogP contribution is 2.07. The number of nitrogens with one attached hydrogen (secondary N) is 1. The summed E-state index contributed by atoms with van der Waals surface area (Å²) in [6.07, 6.45) is 4.07. The molecule has 0 heterocycles. The Kier molecular flexibility index (Phi) is 7.07. The van der Waals surface area contributed by atoms with Crippen LogP contribution in [-0.4, -0.2) is 30.3 Å². The summed E-state index contributed by atoms with van der Waals surface area (Å²) in [7, 11) is 0.418. The molecule has 0 radical (unpaired) electrons. The molecule has 0 amide bonds. The molecular weight excluding hydrogens is 215 g/mol. The van der Waals surface area contributed by atoms with Crippen LogP contribution in [0, 0.1) is 0 Å². The first-order valence-electron chi connectivity index (χ1n) is 4.50. The smallest absolute Gasteiger partial charge is 0.141 e. The SMILES string of the molecule is CN=C/C(F)=C\C(CNS(C)=O)=C(C)C. The van der Waals surface area contributed by atoms with Gasteiger partial charge in [0.05, 0.1) is 17.2 Å². The Morgan fingerprint density at radius 3 is 2.53 bits per heavy atom. The molecule has 0 aliphatic rings. The van der Waals surface area contributed by atoms with Crippen molar-refractivity contribution in [3.05, 3.63) is 23.0 Å². The number of rotatable bonds is 5. The Morgan fingerprint density at radius 2 is 2.13 bits per heavy atom. The molecule has 0 fully saturated rings. The average Bonchev–Trinajstić information content (AvgIpc) is 2.11. The Hall–Kier alpha value is -0.810. The van der Waals surface area contributed by atoms with Gasteiger partial charge in [-0.15, -0.1) is 0 Å². The van der Waals surface area contributed by atoms with Crippen LogP contribution in [0.4, 0.5) is 4.39 Å². The fourth-order valence-corrected chi connectivity index (χ4v) is 1.24. The zero-order chi connectivity index (χ0) is 11.8. The van der Waals surface area contributed by atoms with E-state index in [1.165, 1.54) is 19.4 Å². The first-order valence-corrected chi connectivity index (χ1v) is 6.05. The van der Waals surface area contributed by atoms with Crippen molar-refractivity contribution in [1.29, 1.82) is 0 Å². The Balaban J connectivity index is 4.64. The van der Waals surface area contributed by atoms with Gasteiger partial charge >= 0.3 is 0 Å². The van der Waals surface area contributed by atoms with Crippen LogP contribution >= 0.6 is 0 Å². The predicted octanol–water partition coefficient (Wildman–Crippen LogP) is 1.76. The minimum absolute atomic E-state index is 0.385. The number of allylic oxidation sites excluding steroid dienone is 2. The zero-order valence-corrected chi connectivity index (χ0v) is 10.3. The molecule has 0 aliphatic carbocycles. The van der Waals surface area contributed by atoms with Crippen molar-refractivity contribution in [2.45, 2.75) is 13.8 Å². The second kappa shape index (κ2) is 7.48. The minimum atomic E-state index is -1.09. The molecular formula is C10H17FN2OS. The zero-order valence-electron chi connectivity index (χ0n) is 9.50. The van der Waals surface area contributed by atoms with Gasteiger partial charge in [-0.05, 0) is 25.5 Å². The standard InChI is InChI=1S/C10H17FN2OS/c1-8(2)9(6-13-15(4)14)5-10(11)7-12-3/h5,7,13H,6H2,1-4H3/b10-5+,12-7?. The van der Waals surface area contributed by atoms with E-state index in [2.05, 4.69) is 9.71 Å². The van der Waals surface area contributed by atoms with Gasteiger partial charge in [0.2, 0.25) is 0 Å². The molecule has 0 aliphatic heterocycles. The maximum absolute atomic E-state index is 13.1. The molecule has 5 heteroatoms. The fraction of sp³-hybridized carbons (Fsp3) is 0.500. The Bertz CT molecular complexity index is 317. The van der Waals surface area contributed by atoms with Crippen LogP contribution in [0.25, 0.3) is 0 Å². The molecule has 0 rings (SSSR count). The van der Waals surface area contributed by atoms with Gasteiger partial charge in [0.15, 0.2) is 0 Å². The third-order valence-corrected chi connectivity index (χ3v) is 2.22. The van der Waals surface area contributed by atoms with Crippen molar-refractivity contribution in [3.63, 3.8) is 0 Å². The molecule has 3 nitrogen and oxygen atoms in total. The maximum atomic E-state index is 13.1. The van der Waals surface area contributed by atoms with Crippen molar-refractivity contribution < 1.29 is 8.60 Å². The summed E-state index contributed by atoms with van der Waals surface area (Å²) in [5, 5.41) is 0. The van der Waals surface area contributed by atoms with Crippen molar-refractivity contribution in [2.24, 2.45) is 4.99 Å². The van der Waals surface area contributed by atoms with E-state index in [0.717, 1.165) is 17.4 Å². The van der Waals surface area contributed by atoms with Gasteiger partial charge < -0.3 is 0 Å². The van der Waals surface area contributed by atoms with Crippen LogP contribution in [0.1, 0.15) is 13.8 Å². The summed E-state index contributed by atoms with van der Waals surface area (Å²) < 4.78 is 26.7. The first-order chi connectivity index (χ1) is 6.97. The van der Waals surface area contributed by atoms with Crippen molar-refractivity contribution in [1.82, 2.24) is 4.72 Å². The van der Waals surface area contributed by atoms with Crippen molar-refractivity contribution >= 4 is 17.2 Å². The van der Waals surface area contributed by atoms with Gasteiger partial charge in [0.25, 0.3) is 0 Å². The summed E-state index contributed by atoms with van der Waals surface area (Å²) >= 11 is 0. The van der Waals surface area contributed by atoms with Crippen molar-refractivity contribution in [3.8, 4) is 0 Å².